The number of hydrogen-bond donors (Lipinski definition) is 1. The zero-order chi connectivity index (χ0) is 11.1. The van der Waals surface area contributed by atoms with Crippen LogP contribution in [-0.2, 0) is 5.41 Å². The summed E-state index contributed by atoms with van der Waals surface area (Å²) in [6.45, 7) is 2.40. The Bertz CT molecular complexity index is 267. The largest absolute Gasteiger partial charge is 0.395 e. The fourth-order valence-electron chi connectivity index (χ4n) is 1.90. The number of thioether (sulfide) groups is 1. The van der Waals surface area contributed by atoms with Crippen LogP contribution in [0.4, 0.5) is 0 Å². The molecule has 1 nitrogen and oxygen atoms in total. The molecule has 0 fully saturated rings. The van der Waals surface area contributed by atoms with Gasteiger partial charge >= 0.3 is 0 Å². The second-order valence-corrected chi connectivity index (χ2v) is 4.89. The molecule has 0 saturated heterocycles. The normalized spacial score (nSPS) is 14.9. The van der Waals surface area contributed by atoms with Crippen LogP contribution in [0.15, 0.2) is 30.3 Å². The van der Waals surface area contributed by atoms with Crippen LogP contribution in [0.3, 0.4) is 0 Å². The highest BCUT2D eigenvalue weighted by Crippen LogP contribution is 2.32. The quantitative estimate of drug-likeness (QED) is 0.801. The minimum Gasteiger partial charge on any atom is -0.395 e. The van der Waals surface area contributed by atoms with E-state index in [1.807, 2.05) is 17.8 Å². The second-order valence-electron chi connectivity index (χ2n) is 3.90. The molecular formula is C13H20OS. The molecule has 1 atom stereocenters. The molecule has 0 amide bonds. The van der Waals surface area contributed by atoms with Crippen molar-refractivity contribution in [1.29, 1.82) is 0 Å². The molecule has 0 spiro atoms. The van der Waals surface area contributed by atoms with Crippen molar-refractivity contribution in [3.8, 4) is 0 Å². The molecule has 1 unspecified atom stereocenters. The Kier molecular flexibility index (Phi) is 5.20. The van der Waals surface area contributed by atoms with E-state index in [9.17, 15) is 5.11 Å². The van der Waals surface area contributed by atoms with E-state index in [2.05, 4.69) is 37.4 Å². The molecule has 0 heterocycles. The third-order valence-corrected chi connectivity index (χ3v) is 3.76. The van der Waals surface area contributed by atoms with Crippen molar-refractivity contribution in [3.05, 3.63) is 35.9 Å². The van der Waals surface area contributed by atoms with Crippen molar-refractivity contribution in [3.63, 3.8) is 0 Å². The van der Waals surface area contributed by atoms with E-state index >= 15 is 0 Å². The number of aliphatic hydroxyl groups excluding tert-OH is 1. The maximum atomic E-state index is 9.65. The predicted molar refractivity (Wildman–Crippen MR) is 68.5 cm³/mol. The maximum Gasteiger partial charge on any atom is 0.0528 e. The van der Waals surface area contributed by atoms with Crippen molar-refractivity contribution in [1.82, 2.24) is 0 Å². The first-order valence-electron chi connectivity index (χ1n) is 5.44. The number of aliphatic hydroxyl groups is 1. The molecule has 15 heavy (non-hydrogen) atoms. The van der Waals surface area contributed by atoms with Crippen molar-refractivity contribution in [2.45, 2.75) is 25.2 Å². The van der Waals surface area contributed by atoms with Gasteiger partial charge in [0.15, 0.2) is 0 Å². The molecule has 1 rings (SSSR count). The van der Waals surface area contributed by atoms with Gasteiger partial charge in [0.25, 0.3) is 0 Å². The van der Waals surface area contributed by atoms with Crippen LogP contribution < -0.4 is 0 Å². The molecule has 0 aliphatic heterocycles. The molecule has 0 aliphatic rings. The van der Waals surface area contributed by atoms with Crippen LogP contribution in [0.5, 0.6) is 0 Å². The minimum atomic E-state index is -0.0374. The Morgan fingerprint density at radius 3 is 2.40 bits per heavy atom. The van der Waals surface area contributed by atoms with Crippen LogP contribution in [0.25, 0.3) is 0 Å². The lowest BCUT2D eigenvalue weighted by Crippen LogP contribution is -2.30. The summed E-state index contributed by atoms with van der Waals surface area (Å²) in [5.41, 5.74) is 1.23. The van der Waals surface area contributed by atoms with Crippen LogP contribution in [0.2, 0.25) is 0 Å². The van der Waals surface area contributed by atoms with E-state index in [-0.39, 0.29) is 12.0 Å². The Balaban J connectivity index is 2.89. The molecule has 1 aromatic rings. The zero-order valence-corrected chi connectivity index (χ0v) is 10.4. The van der Waals surface area contributed by atoms with Gasteiger partial charge in [-0.2, -0.15) is 11.8 Å². The summed E-state index contributed by atoms with van der Waals surface area (Å²) in [6.07, 6.45) is 4.15. The van der Waals surface area contributed by atoms with Gasteiger partial charge in [-0.15, -0.1) is 0 Å². The molecule has 84 valence electrons. The summed E-state index contributed by atoms with van der Waals surface area (Å²) in [6, 6.07) is 10.4. The van der Waals surface area contributed by atoms with Gasteiger partial charge in [-0.1, -0.05) is 37.3 Å². The lowest BCUT2D eigenvalue weighted by Gasteiger charge is -2.31. The fraction of sp³-hybridized carbons (Fsp3) is 0.538. The van der Waals surface area contributed by atoms with Gasteiger partial charge in [-0.25, -0.2) is 0 Å². The summed E-state index contributed by atoms with van der Waals surface area (Å²) in [4.78, 5) is 0. The van der Waals surface area contributed by atoms with E-state index in [4.69, 9.17) is 0 Å². The third-order valence-electron chi connectivity index (χ3n) is 3.15. The van der Waals surface area contributed by atoms with Crippen molar-refractivity contribution in [2.75, 3.05) is 18.6 Å². The smallest absolute Gasteiger partial charge is 0.0528 e. The highest BCUT2D eigenvalue weighted by molar-refractivity contribution is 7.98. The van der Waals surface area contributed by atoms with Crippen LogP contribution >= 0.6 is 11.8 Å². The van der Waals surface area contributed by atoms with E-state index in [1.54, 1.807) is 0 Å². The Morgan fingerprint density at radius 2 is 1.93 bits per heavy atom. The number of hydrogen-bond acceptors (Lipinski definition) is 2. The lowest BCUT2D eigenvalue weighted by atomic mass is 9.76. The minimum absolute atomic E-state index is 0.0374. The summed E-state index contributed by atoms with van der Waals surface area (Å²) >= 11 is 1.84. The van der Waals surface area contributed by atoms with E-state index < -0.39 is 0 Å². The van der Waals surface area contributed by atoms with Crippen LogP contribution in [0.1, 0.15) is 25.3 Å². The summed E-state index contributed by atoms with van der Waals surface area (Å²) in [7, 11) is 0. The van der Waals surface area contributed by atoms with Crippen molar-refractivity contribution < 1.29 is 5.11 Å². The topological polar surface area (TPSA) is 20.2 Å². The van der Waals surface area contributed by atoms with Gasteiger partial charge in [0, 0.05) is 5.41 Å². The summed E-state index contributed by atoms with van der Waals surface area (Å²) in [5.74, 6) is 1.10. The number of rotatable bonds is 6. The average molecular weight is 224 g/mol. The molecule has 0 saturated carbocycles. The van der Waals surface area contributed by atoms with Crippen molar-refractivity contribution in [2.24, 2.45) is 0 Å². The molecule has 0 aromatic heterocycles. The fourth-order valence-corrected chi connectivity index (χ4v) is 2.49. The van der Waals surface area contributed by atoms with Gasteiger partial charge in [0.2, 0.25) is 0 Å². The van der Waals surface area contributed by atoms with Gasteiger partial charge in [0.1, 0.15) is 0 Å². The molecule has 0 radical (unpaired) electrons. The summed E-state index contributed by atoms with van der Waals surface area (Å²) < 4.78 is 0. The molecule has 0 bridgehead atoms. The van der Waals surface area contributed by atoms with E-state index in [0.29, 0.717) is 0 Å². The summed E-state index contributed by atoms with van der Waals surface area (Å²) in [5, 5.41) is 9.65. The Labute approximate surface area is 96.9 Å². The zero-order valence-electron chi connectivity index (χ0n) is 9.57. The van der Waals surface area contributed by atoms with E-state index in [0.717, 1.165) is 18.6 Å². The maximum absolute atomic E-state index is 9.65. The van der Waals surface area contributed by atoms with Gasteiger partial charge in [-0.05, 0) is 30.4 Å². The molecule has 1 N–H and O–H groups in total. The van der Waals surface area contributed by atoms with Crippen LogP contribution in [0, 0.1) is 0 Å². The first-order valence-corrected chi connectivity index (χ1v) is 6.84. The van der Waals surface area contributed by atoms with Gasteiger partial charge < -0.3 is 5.11 Å². The second kappa shape index (κ2) is 6.19. The molecular weight excluding hydrogens is 204 g/mol. The first-order chi connectivity index (χ1) is 7.29. The number of benzene rings is 1. The van der Waals surface area contributed by atoms with Gasteiger partial charge in [-0.3, -0.25) is 0 Å². The van der Waals surface area contributed by atoms with Gasteiger partial charge in [0.05, 0.1) is 6.61 Å². The third kappa shape index (κ3) is 2.99. The van der Waals surface area contributed by atoms with Crippen molar-refractivity contribution >= 4 is 11.8 Å². The molecule has 1 aromatic carbocycles. The first kappa shape index (κ1) is 12.6. The lowest BCUT2D eigenvalue weighted by molar-refractivity contribution is 0.184. The molecule has 0 aliphatic carbocycles. The monoisotopic (exact) mass is 224 g/mol. The van der Waals surface area contributed by atoms with E-state index in [1.165, 1.54) is 5.56 Å². The molecule has 2 heteroatoms. The highest BCUT2D eigenvalue weighted by atomic mass is 32.2. The Hall–Kier alpha value is -0.470. The standard InChI is InChI=1S/C13H20OS/c1-3-13(11-14,9-10-15-2)12-7-5-4-6-8-12/h4-8,14H,3,9-11H2,1-2H3. The SMILES string of the molecule is CCC(CO)(CCSC)c1ccccc1. The van der Waals surface area contributed by atoms with Crippen LogP contribution in [-0.4, -0.2) is 23.7 Å². The Morgan fingerprint density at radius 1 is 1.27 bits per heavy atom. The highest BCUT2D eigenvalue weighted by Gasteiger charge is 2.28. The average Bonchev–Trinajstić information content (AvgIpc) is 2.33. The predicted octanol–water partition coefficient (Wildman–Crippen LogP) is 3.08.